The summed E-state index contributed by atoms with van der Waals surface area (Å²) in [5.41, 5.74) is 0. The van der Waals surface area contributed by atoms with Gasteiger partial charge in [-0.25, -0.2) is 0 Å². The molecule has 0 amide bonds. The molecular weight excluding hydrogens is 400 g/mol. The molecule has 6 atom stereocenters. The van der Waals surface area contributed by atoms with Crippen LogP contribution in [0.15, 0.2) is 0 Å². The number of aliphatic hydroxyl groups is 1. The van der Waals surface area contributed by atoms with Gasteiger partial charge in [0.25, 0.3) is 0 Å². The molecule has 3 aliphatic carbocycles. The van der Waals surface area contributed by atoms with Crippen molar-refractivity contribution in [1.82, 2.24) is 0 Å². The number of hydrogen-bond acceptors (Lipinski definition) is 1. The van der Waals surface area contributed by atoms with Crippen molar-refractivity contribution < 1.29 is 5.11 Å². The minimum Gasteiger partial charge on any atom is -0.396 e. The van der Waals surface area contributed by atoms with E-state index < -0.39 is 0 Å². The van der Waals surface area contributed by atoms with Crippen molar-refractivity contribution in [3.63, 3.8) is 0 Å². The van der Waals surface area contributed by atoms with Gasteiger partial charge in [-0.3, -0.25) is 0 Å². The second kappa shape index (κ2) is 15.2. The van der Waals surface area contributed by atoms with E-state index in [0.717, 1.165) is 53.8 Å². The Labute approximate surface area is 208 Å². The van der Waals surface area contributed by atoms with Crippen molar-refractivity contribution in [3.8, 4) is 0 Å². The Bertz CT molecular complexity index is 493. The quantitative estimate of drug-likeness (QED) is 0.271. The van der Waals surface area contributed by atoms with E-state index in [2.05, 4.69) is 20.8 Å². The molecule has 3 saturated carbocycles. The van der Waals surface area contributed by atoms with Crippen LogP contribution in [-0.4, -0.2) is 11.7 Å². The van der Waals surface area contributed by atoms with Gasteiger partial charge in [0.2, 0.25) is 0 Å². The minimum absolute atomic E-state index is 0.388. The van der Waals surface area contributed by atoms with Crippen LogP contribution in [0.5, 0.6) is 0 Å². The Morgan fingerprint density at radius 2 is 0.970 bits per heavy atom. The summed E-state index contributed by atoms with van der Waals surface area (Å²) in [6, 6.07) is 0. The van der Waals surface area contributed by atoms with E-state index in [1.165, 1.54) is 89.9 Å². The zero-order valence-electron chi connectivity index (χ0n) is 22.9. The summed E-state index contributed by atoms with van der Waals surface area (Å²) in [7, 11) is 0. The molecule has 0 aromatic rings. The first-order valence-electron chi connectivity index (χ1n) is 15.8. The van der Waals surface area contributed by atoms with Gasteiger partial charge >= 0.3 is 0 Å². The first-order chi connectivity index (χ1) is 16.2. The van der Waals surface area contributed by atoms with Crippen LogP contribution in [0.3, 0.4) is 0 Å². The number of rotatable bonds is 13. The first kappa shape index (κ1) is 27.5. The van der Waals surface area contributed by atoms with E-state index in [9.17, 15) is 5.11 Å². The summed E-state index contributed by atoms with van der Waals surface area (Å²) >= 11 is 0. The molecule has 0 aromatic heterocycles. The summed E-state index contributed by atoms with van der Waals surface area (Å²) < 4.78 is 0. The first-order valence-corrected chi connectivity index (χ1v) is 15.8. The Kier molecular flexibility index (Phi) is 12.7. The monoisotopic (exact) mass is 460 g/mol. The molecule has 0 spiro atoms. The molecule has 0 bridgehead atoms. The lowest BCUT2D eigenvalue weighted by molar-refractivity contribution is 0.0368. The van der Waals surface area contributed by atoms with E-state index in [4.69, 9.17) is 0 Å². The van der Waals surface area contributed by atoms with E-state index in [-0.39, 0.29) is 0 Å². The predicted octanol–water partition coefficient (Wildman–Crippen LogP) is 9.81. The van der Waals surface area contributed by atoms with Crippen molar-refractivity contribution in [2.75, 3.05) is 6.61 Å². The Balaban J connectivity index is 1.40. The highest BCUT2D eigenvalue weighted by molar-refractivity contribution is 4.90. The van der Waals surface area contributed by atoms with Crippen LogP contribution in [0.25, 0.3) is 0 Å². The predicted molar refractivity (Wildman–Crippen MR) is 144 cm³/mol. The van der Waals surface area contributed by atoms with Gasteiger partial charge in [-0.2, -0.15) is 0 Å². The summed E-state index contributed by atoms with van der Waals surface area (Å²) in [6.45, 7) is 7.67. The second-order valence-electron chi connectivity index (χ2n) is 12.8. The van der Waals surface area contributed by atoms with Gasteiger partial charge in [0.1, 0.15) is 0 Å². The average molecular weight is 461 g/mol. The van der Waals surface area contributed by atoms with Crippen LogP contribution in [0.2, 0.25) is 0 Å². The maximum absolute atomic E-state index is 9.25. The SMILES string of the molecule is CCCCCC1CCC(CCC2CCC(C3CCC(CCCO)CC3CC)C(CC)C2)CC1. The number of aliphatic hydroxyl groups excluding tert-OH is 1. The van der Waals surface area contributed by atoms with Crippen molar-refractivity contribution in [2.45, 2.75) is 149 Å². The standard InChI is InChI=1S/C32H60O/c1-4-7-8-10-25-12-14-26(15-13-25)16-17-28-19-21-32(30(6-3)24-28)31-20-18-27(11-9-22-33)23-29(31)5-2/h25-33H,4-24H2,1-3H3. The van der Waals surface area contributed by atoms with Gasteiger partial charge in [0, 0.05) is 6.61 Å². The fourth-order valence-corrected chi connectivity index (χ4v) is 8.70. The van der Waals surface area contributed by atoms with Crippen LogP contribution in [0.1, 0.15) is 149 Å². The highest BCUT2D eigenvalue weighted by atomic mass is 16.2. The second-order valence-corrected chi connectivity index (χ2v) is 12.8. The fourth-order valence-electron chi connectivity index (χ4n) is 8.70. The van der Waals surface area contributed by atoms with Crippen LogP contribution >= 0.6 is 0 Å². The third kappa shape index (κ3) is 8.54. The van der Waals surface area contributed by atoms with Gasteiger partial charge in [-0.05, 0) is 85.9 Å². The molecule has 1 nitrogen and oxygen atoms in total. The topological polar surface area (TPSA) is 20.2 Å². The van der Waals surface area contributed by atoms with Crippen LogP contribution in [-0.2, 0) is 0 Å². The molecule has 0 aliphatic heterocycles. The maximum atomic E-state index is 9.25. The molecule has 0 aromatic carbocycles. The molecule has 3 aliphatic rings. The molecule has 0 radical (unpaired) electrons. The Hall–Kier alpha value is -0.0400. The maximum Gasteiger partial charge on any atom is 0.0431 e. The van der Waals surface area contributed by atoms with Crippen LogP contribution in [0, 0.1) is 47.3 Å². The zero-order valence-corrected chi connectivity index (χ0v) is 22.9. The molecule has 194 valence electrons. The molecule has 0 saturated heterocycles. The van der Waals surface area contributed by atoms with Crippen molar-refractivity contribution in [1.29, 1.82) is 0 Å². The van der Waals surface area contributed by atoms with Gasteiger partial charge in [-0.1, -0.05) is 111 Å². The fraction of sp³-hybridized carbons (Fsp3) is 1.00. The average Bonchev–Trinajstić information content (AvgIpc) is 2.86. The summed E-state index contributed by atoms with van der Waals surface area (Å²) in [5.74, 6) is 8.06. The lowest BCUT2D eigenvalue weighted by atomic mass is 9.59. The van der Waals surface area contributed by atoms with Gasteiger partial charge < -0.3 is 5.11 Å². The molecular formula is C32H60O. The highest BCUT2D eigenvalue weighted by Crippen LogP contribution is 2.50. The van der Waals surface area contributed by atoms with Crippen LogP contribution < -0.4 is 0 Å². The van der Waals surface area contributed by atoms with E-state index >= 15 is 0 Å². The summed E-state index contributed by atoms with van der Waals surface area (Å²) in [6.07, 6.45) is 29.2. The third-order valence-electron chi connectivity index (χ3n) is 10.8. The Morgan fingerprint density at radius 1 is 0.515 bits per heavy atom. The van der Waals surface area contributed by atoms with Crippen molar-refractivity contribution in [2.24, 2.45) is 47.3 Å². The van der Waals surface area contributed by atoms with Gasteiger partial charge in [0.05, 0.1) is 0 Å². The molecule has 3 fully saturated rings. The molecule has 1 heteroatoms. The highest BCUT2D eigenvalue weighted by Gasteiger charge is 2.40. The van der Waals surface area contributed by atoms with Crippen LogP contribution in [0.4, 0.5) is 0 Å². The summed E-state index contributed by atoms with van der Waals surface area (Å²) in [4.78, 5) is 0. The van der Waals surface area contributed by atoms with Crippen molar-refractivity contribution >= 4 is 0 Å². The molecule has 0 heterocycles. The van der Waals surface area contributed by atoms with E-state index in [0.29, 0.717) is 6.61 Å². The minimum atomic E-state index is 0.388. The van der Waals surface area contributed by atoms with Gasteiger partial charge in [0.15, 0.2) is 0 Å². The molecule has 3 rings (SSSR count). The van der Waals surface area contributed by atoms with Gasteiger partial charge in [-0.15, -0.1) is 0 Å². The lowest BCUT2D eigenvalue weighted by Crippen LogP contribution is -2.37. The zero-order chi connectivity index (χ0) is 23.5. The van der Waals surface area contributed by atoms with E-state index in [1.807, 2.05) is 0 Å². The normalized spacial score (nSPS) is 37.8. The van der Waals surface area contributed by atoms with Crippen molar-refractivity contribution in [3.05, 3.63) is 0 Å². The molecule has 33 heavy (non-hydrogen) atoms. The smallest absolute Gasteiger partial charge is 0.0431 e. The lowest BCUT2D eigenvalue weighted by Gasteiger charge is -2.46. The Morgan fingerprint density at radius 3 is 1.48 bits per heavy atom. The summed E-state index contributed by atoms with van der Waals surface area (Å²) in [5, 5.41) is 9.25. The molecule has 6 unspecified atom stereocenters. The third-order valence-corrected chi connectivity index (χ3v) is 10.8. The number of unbranched alkanes of at least 4 members (excludes halogenated alkanes) is 2. The molecule has 1 N–H and O–H groups in total. The number of hydrogen-bond donors (Lipinski definition) is 1. The largest absolute Gasteiger partial charge is 0.396 e. The van der Waals surface area contributed by atoms with E-state index in [1.54, 1.807) is 32.1 Å².